The van der Waals surface area contributed by atoms with Crippen LogP contribution in [0.25, 0.3) is 0 Å². The van der Waals surface area contributed by atoms with Crippen LogP contribution in [0.15, 0.2) is 24.3 Å². The number of nitrogens with two attached hydrogens (primary N) is 1. The molecule has 1 aromatic carbocycles. The average Bonchev–Trinajstić information content (AvgIpc) is 2.46. The van der Waals surface area contributed by atoms with E-state index in [1.807, 2.05) is 0 Å². The fourth-order valence-electron chi connectivity index (χ4n) is 2.00. The molecule has 0 bridgehead atoms. The Morgan fingerprint density at radius 2 is 2.00 bits per heavy atom. The standard InChI is InChI=1S/C14H19ClN2O3/c15-11-1-3-12(4-2-11)20-10-7-17-13(18)14(16)5-8-19-9-6-14/h1-4H,5-10,16H2,(H,17,18). The first-order valence-corrected chi connectivity index (χ1v) is 7.01. The molecule has 1 amide bonds. The summed E-state index contributed by atoms with van der Waals surface area (Å²) in [5, 5.41) is 3.47. The first-order chi connectivity index (χ1) is 9.60. The number of hydrogen-bond donors (Lipinski definition) is 2. The van der Waals surface area contributed by atoms with Crippen LogP contribution in [0.1, 0.15) is 12.8 Å². The van der Waals surface area contributed by atoms with Gasteiger partial charge < -0.3 is 20.5 Å². The van der Waals surface area contributed by atoms with Crippen LogP contribution >= 0.6 is 11.6 Å². The Hall–Kier alpha value is -1.30. The minimum absolute atomic E-state index is 0.138. The molecule has 20 heavy (non-hydrogen) atoms. The molecule has 0 atom stereocenters. The largest absolute Gasteiger partial charge is 0.492 e. The van der Waals surface area contributed by atoms with E-state index in [9.17, 15) is 4.79 Å². The second-order valence-corrected chi connectivity index (χ2v) is 5.26. The van der Waals surface area contributed by atoms with E-state index in [1.165, 1.54) is 0 Å². The van der Waals surface area contributed by atoms with Crippen LogP contribution in [0.2, 0.25) is 5.02 Å². The van der Waals surface area contributed by atoms with E-state index in [4.69, 9.17) is 26.8 Å². The van der Waals surface area contributed by atoms with Crippen LogP contribution in [-0.2, 0) is 9.53 Å². The van der Waals surface area contributed by atoms with E-state index in [2.05, 4.69) is 5.32 Å². The van der Waals surface area contributed by atoms with Gasteiger partial charge in [0.25, 0.3) is 0 Å². The topological polar surface area (TPSA) is 73.6 Å². The van der Waals surface area contributed by atoms with Crippen LogP contribution in [0.3, 0.4) is 0 Å². The zero-order valence-corrected chi connectivity index (χ0v) is 12.0. The summed E-state index contributed by atoms with van der Waals surface area (Å²) >= 11 is 5.78. The van der Waals surface area contributed by atoms with Gasteiger partial charge in [0.1, 0.15) is 12.4 Å². The van der Waals surface area contributed by atoms with Crippen LogP contribution in [-0.4, -0.2) is 37.8 Å². The lowest BCUT2D eigenvalue weighted by molar-refractivity contribution is -0.129. The number of benzene rings is 1. The molecule has 2 rings (SSSR count). The van der Waals surface area contributed by atoms with Crippen molar-refractivity contribution in [2.24, 2.45) is 5.73 Å². The van der Waals surface area contributed by atoms with Gasteiger partial charge in [0.05, 0.1) is 12.1 Å². The smallest absolute Gasteiger partial charge is 0.240 e. The maximum Gasteiger partial charge on any atom is 0.240 e. The molecule has 0 aromatic heterocycles. The Labute approximate surface area is 123 Å². The van der Waals surface area contributed by atoms with E-state index < -0.39 is 5.54 Å². The molecule has 0 radical (unpaired) electrons. The maximum absolute atomic E-state index is 12.0. The summed E-state index contributed by atoms with van der Waals surface area (Å²) in [7, 11) is 0. The highest BCUT2D eigenvalue weighted by Crippen LogP contribution is 2.18. The third-order valence-electron chi connectivity index (χ3n) is 3.31. The van der Waals surface area contributed by atoms with E-state index in [0.717, 1.165) is 5.75 Å². The molecule has 0 unspecified atom stereocenters. The van der Waals surface area contributed by atoms with Crippen molar-refractivity contribution in [2.75, 3.05) is 26.4 Å². The van der Waals surface area contributed by atoms with Gasteiger partial charge >= 0.3 is 0 Å². The van der Waals surface area contributed by atoms with Crippen molar-refractivity contribution in [1.29, 1.82) is 0 Å². The number of rotatable bonds is 5. The maximum atomic E-state index is 12.0. The number of amides is 1. The van der Waals surface area contributed by atoms with Gasteiger partial charge in [-0.15, -0.1) is 0 Å². The number of ether oxygens (including phenoxy) is 2. The summed E-state index contributed by atoms with van der Waals surface area (Å²) in [6.45, 7) is 1.87. The van der Waals surface area contributed by atoms with Gasteiger partial charge in [0, 0.05) is 18.2 Å². The lowest BCUT2D eigenvalue weighted by Crippen LogP contribution is -2.57. The molecule has 0 aliphatic carbocycles. The average molecular weight is 299 g/mol. The fourth-order valence-corrected chi connectivity index (χ4v) is 2.13. The summed E-state index contributed by atoms with van der Waals surface area (Å²) in [6, 6.07) is 7.08. The van der Waals surface area contributed by atoms with Crippen molar-refractivity contribution in [3.63, 3.8) is 0 Å². The van der Waals surface area contributed by atoms with Gasteiger partial charge in [-0.05, 0) is 37.1 Å². The highest BCUT2D eigenvalue weighted by atomic mass is 35.5. The molecule has 1 aliphatic rings. The highest BCUT2D eigenvalue weighted by Gasteiger charge is 2.35. The zero-order chi connectivity index (χ0) is 14.4. The minimum Gasteiger partial charge on any atom is -0.492 e. The summed E-state index contributed by atoms with van der Waals surface area (Å²) in [6.07, 6.45) is 1.10. The van der Waals surface area contributed by atoms with Crippen molar-refractivity contribution < 1.29 is 14.3 Å². The van der Waals surface area contributed by atoms with Crippen LogP contribution < -0.4 is 15.8 Å². The number of carbonyl (C=O) groups excluding carboxylic acids is 1. The molecule has 5 nitrogen and oxygen atoms in total. The van der Waals surface area contributed by atoms with Crippen LogP contribution in [0.4, 0.5) is 0 Å². The number of carbonyl (C=O) groups is 1. The Kier molecular flexibility index (Phi) is 5.23. The van der Waals surface area contributed by atoms with E-state index in [1.54, 1.807) is 24.3 Å². The summed E-state index contributed by atoms with van der Waals surface area (Å²) < 4.78 is 10.7. The molecule has 1 aliphatic heterocycles. The second kappa shape index (κ2) is 6.92. The zero-order valence-electron chi connectivity index (χ0n) is 11.2. The third kappa shape index (κ3) is 4.10. The highest BCUT2D eigenvalue weighted by molar-refractivity contribution is 6.30. The molecule has 6 heteroatoms. The third-order valence-corrected chi connectivity index (χ3v) is 3.56. The van der Waals surface area contributed by atoms with Crippen LogP contribution in [0, 0.1) is 0 Å². The Balaban J connectivity index is 1.70. The van der Waals surface area contributed by atoms with Crippen molar-refractivity contribution in [3.05, 3.63) is 29.3 Å². The van der Waals surface area contributed by atoms with Gasteiger partial charge in [-0.1, -0.05) is 11.6 Å². The number of nitrogens with one attached hydrogen (secondary N) is 1. The predicted octanol–water partition coefficient (Wildman–Crippen LogP) is 1.34. The second-order valence-electron chi connectivity index (χ2n) is 4.83. The molecule has 1 heterocycles. The molecule has 110 valence electrons. The summed E-state index contributed by atoms with van der Waals surface area (Å²) in [5.41, 5.74) is 5.26. The molecule has 1 saturated heterocycles. The summed E-state index contributed by atoms with van der Waals surface area (Å²) in [5.74, 6) is 0.581. The molecule has 1 fully saturated rings. The number of hydrogen-bond acceptors (Lipinski definition) is 4. The SMILES string of the molecule is NC1(C(=O)NCCOc2ccc(Cl)cc2)CCOCC1. The molecule has 0 saturated carbocycles. The molecule has 1 aromatic rings. The van der Waals surface area contributed by atoms with Crippen molar-refractivity contribution >= 4 is 17.5 Å². The fraction of sp³-hybridized carbons (Fsp3) is 0.500. The van der Waals surface area contributed by atoms with Gasteiger partial charge in [0.2, 0.25) is 5.91 Å². The minimum atomic E-state index is -0.807. The first kappa shape index (κ1) is 15.1. The summed E-state index contributed by atoms with van der Waals surface area (Å²) in [4.78, 5) is 12.0. The van der Waals surface area contributed by atoms with Crippen LogP contribution in [0.5, 0.6) is 5.75 Å². The lowest BCUT2D eigenvalue weighted by atomic mass is 9.90. The Morgan fingerprint density at radius 1 is 1.35 bits per heavy atom. The van der Waals surface area contributed by atoms with Crippen molar-refractivity contribution in [1.82, 2.24) is 5.32 Å². The molecular weight excluding hydrogens is 280 g/mol. The molecule has 0 spiro atoms. The monoisotopic (exact) mass is 298 g/mol. The van der Waals surface area contributed by atoms with Crippen molar-refractivity contribution in [2.45, 2.75) is 18.4 Å². The molecule has 3 N–H and O–H groups in total. The Morgan fingerprint density at radius 3 is 2.65 bits per heavy atom. The van der Waals surface area contributed by atoms with Gasteiger partial charge in [-0.3, -0.25) is 4.79 Å². The van der Waals surface area contributed by atoms with Gasteiger partial charge in [-0.2, -0.15) is 0 Å². The lowest BCUT2D eigenvalue weighted by Gasteiger charge is -2.31. The molecular formula is C14H19ClN2O3. The van der Waals surface area contributed by atoms with Gasteiger partial charge in [0.15, 0.2) is 0 Å². The van der Waals surface area contributed by atoms with Crippen molar-refractivity contribution in [3.8, 4) is 5.75 Å². The number of halogens is 1. The first-order valence-electron chi connectivity index (χ1n) is 6.63. The van der Waals surface area contributed by atoms with E-state index in [0.29, 0.717) is 44.2 Å². The van der Waals surface area contributed by atoms with Gasteiger partial charge in [-0.25, -0.2) is 0 Å². The van der Waals surface area contributed by atoms with E-state index >= 15 is 0 Å². The quantitative estimate of drug-likeness (QED) is 0.805. The van der Waals surface area contributed by atoms with E-state index in [-0.39, 0.29) is 5.91 Å². The Bertz CT molecular complexity index is 444. The normalized spacial score (nSPS) is 17.5. The predicted molar refractivity (Wildman–Crippen MR) is 76.9 cm³/mol.